The van der Waals surface area contributed by atoms with Gasteiger partial charge in [-0.1, -0.05) is 0 Å². The number of nitrogens with zero attached hydrogens (tertiary/aromatic N) is 4. The molecule has 148 valence electrons. The molecular formula is C16H34BrN4O3P. The van der Waals surface area contributed by atoms with Crippen LogP contribution >= 0.6 is 21.4 Å². The van der Waals surface area contributed by atoms with Gasteiger partial charge in [-0.25, -0.2) is 0 Å². The Bertz CT molecular complexity index is 377. The molecule has 25 heavy (non-hydrogen) atoms. The molecule has 0 radical (unpaired) electrons. The number of halogens is 1. The first-order valence-electron chi connectivity index (χ1n) is 9.65. The van der Waals surface area contributed by atoms with Crippen LogP contribution in [-0.2, 0) is 14.2 Å². The minimum atomic E-state index is -2.83. The predicted molar refractivity (Wildman–Crippen MR) is 106 cm³/mol. The van der Waals surface area contributed by atoms with Crippen molar-refractivity contribution >= 4 is 21.4 Å². The summed E-state index contributed by atoms with van der Waals surface area (Å²) in [7, 11) is 0. The van der Waals surface area contributed by atoms with E-state index in [2.05, 4.69) is 48.0 Å². The number of ether oxygens (including phenoxy) is 3. The van der Waals surface area contributed by atoms with Crippen LogP contribution in [0.15, 0.2) is 0 Å². The molecule has 7 nitrogen and oxygen atoms in total. The van der Waals surface area contributed by atoms with Crippen LogP contribution in [0.3, 0.4) is 0 Å². The summed E-state index contributed by atoms with van der Waals surface area (Å²) in [4.78, 5) is 0. The van der Waals surface area contributed by atoms with E-state index < -0.39 is 5.91 Å². The van der Waals surface area contributed by atoms with Gasteiger partial charge in [0.2, 0.25) is 0 Å². The Hall–Kier alpha value is 0.630. The molecule has 0 spiro atoms. The number of hydrogen-bond donors (Lipinski definition) is 0. The van der Waals surface area contributed by atoms with Crippen LogP contribution in [0.25, 0.3) is 0 Å². The average molecular weight is 441 g/mol. The van der Waals surface area contributed by atoms with Crippen molar-refractivity contribution in [1.29, 1.82) is 0 Å². The van der Waals surface area contributed by atoms with Crippen molar-refractivity contribution in [2.24, 2.45) is 0 Å². The van der Waals surface area contributed by atoms with E-state index in [4.69, 9.17) is 14.2 Å². The second-order valence-corrected chi connectivity index (χ2v) is 14.4. The number of morpholine rings is 3. The van der Waals surface area contributed by atoms with Gasteiger partial charge in [0.1, 0.15) is 0 Å². The van der Waals surface area contributed by atoms with E-state index in [1.165, 1.54) is 0 Å². The van der Waals surface area contributed by atoms with Crippen molar-refractivity contribution in [2.75, 3.05) is 92.0 Å². The SMILES string of the molecule is CCN(CC)P(Br)(N1CCOCC1)(N1CCOCC1)N1CCOCC1. The predicted octanol–water partition coefficient (Wildman–Crippen LogP) is 1.85. The van der Waals surface area contributed by atoms with Crippen LogP contribution in [-0.4, -0.2) is 111 Å². The molecule has 3 aliphatic rings. The van der Waals surface area contributed by atoms with Crippen molar-refractivity contribution in [3.05, 3.63) is 0 Å². The number of rotatable bonds is 6. The van der Waals surface area contributed by atoms with Gasteiger partial charge in [-0.3, -0.25) is 0 Å². The van der Waals surface area contributed by atoms with Gasteiger partial charge in [0.05, 0.1) is 0 Å². The molecular weight excluding hydrogens is 407 g/mol. The van der Waals surface area contributed by atoms with Crippen LogP contribution < -0.4 is 0 Å². The van der Waals surface area contributed by atoms with Crippen molar-refractivity contribution < 1.29 is 14.2 Å². The molecule has 0 aliphatic carbocycles. The Balaban J connectivity index is 2.09. The third-order valence-electron chi connectivity index (χ3n) is 5.64. The molecule has 0 atom stereocenters. The van der Waals surface area contributed by atoms with E-state index >= 15 is 0 Å². The van der Waals surface area contributed by atoms with Crippen LogP contribution in [0.4, 0.5) is 0 Å². The van der Waals surface area contributed by atoms with E-state index in [1.807, 2.05) is 0 Å². The summed E-state index contributed by atoms with van der Waals surface area (Å²) < 4.78 is 28.0. The Kier molecular flexibility index (Phi) is 7.13. The molecule has 3 fully saturated rings. The Labute approximate surface area is 160 Å². The molecule has 0 aromatic heterocycles. The van der Waals surface area contributed by atoms with Gasteiger partial charge in [-0.05, 0) is 0 Å². The first kappa shape index (κ1) is 20.4. The summed E-state index contributed by atoms with van der Waals surface area (Å²) in [6.07, 6.45) is 0. The molecule has 3 heterocycles. The third-order valence-corrected chi connectivity index (χ3v) is 16.7. The minimum absolute atomic E-state index is 0.805. The topological polar surface area (TPSA) is 40.7 Å². The molecule has 0 bridgehead atoms. The van der Waals surface area contributed by atoms with Gasteiger partial charge < -0.3 is 0 Å². The average Bonchev–Trinajstić information content (AvgIpc) is 2.71. The molecule has 0 aromatic rings. The Morgan fingerprint density at radius 2 is 0.960 bits per heavy atom. The zero-order valence-electron chi connectivity index (χ0n) is 15.7. The maximum atomic E-state index is 5.72. The second kappa shape index (κ2) is 8.76. The second-order valence-electron chi connectivity index (χ2n) is 6.68. The molecule has 3 saturated heterocycles. The normalized spacial score (nSPS) is 27.3. The first-order chi connectivity index (χ1) is 12.2. The van der Waals surface area contributed by atoms with Crippen molar-refractivity contribution in [2.45, 2.75) is 13.8 Å². The summed E-state index contributed by atoms with van der Waals surface area (Å²) in [5, 5.41) is 0. The van der Waals surface area contributed by atoms with Crippen LogP contribution in [0, 0.1) is 0 Å². The molecule has 0 unspecified atom stereocenters. The van der Waals surface area contributed by atoms with Crippen molar-refractivity contribution in [1.82, 2.24) is 18.7 Å². The standard InChI is InChI=1S/C16H34BrN4O3P/c1-3-18(4-2)25(17,19-5-11-22-12-6-19,20-7-13-23-14-8-20)21-9-15-24-16-10-21/h3-16H2,1-2H3. The monoisotopic (exact) mass is 440 g/mol. The molecule has 0 amide bonds. The fraction of sp³-hybridized carbons (Fsp3) is 1.00. The van der Waals surface area contributed by atoms with Crippen molar-refractivity contribution in [3.8, 4) is 0 Å². The zero-order chi connectivity index (χ0) is 17.8. The fourth-order valence-electron chi connectivity index (χ4n) is 4.48. The summed E-state index contributed by atoms with van der Waals surface area (Å²) in [6.45, 7) is 17.2. The molecule has 3 aliphatic heterocycles. The van der Waals surface area contributed by atoms with E-state index in [0.717, 1.165) is 92.0 Å². The van der Waals surface area contributed by atoms with E-state index in [9.17, 15) is 0 Å². The van der Waals surface area contributed by atoms with Gasteiger partial charge in [0.15, 0.2) is 0 Å². The van der Waals surface area contributed by atoms with Crippen LogP contribution in [0.2, 0.25) is 0 Å². The summed E-state index contributed by atoms with van der Waals surface area (Å²) in [5.41, 5.74) is 0. The first-order valence-corrected chi connectivity index (χ1v) is 13.7. The summed E-state index contributed by atoms with van der Waals surface area (Å²) >= 11 is 4.53. The summed E-state index contributed by atoms with van der Waals surface area (Å²) in [5.74, 6) is -2.83. The van der Waals surface area contributed by atoms with E-state index in [0.29, 0.717) is 0 Å². The Morgan fingerprint density at radius 3 is 1.20 bits per heavy atom. The molecule has 0 saturated carbocycles. The third kappa shape index (κ3) is 3.43. The van der Waals surface area contributed by atoms with Gasteiger partial charge in [0.25, 0.3) is 0 Å². The van der Waals surface area contributed by atoms with E-state index in [1.54, 1.807) is 0 Å². The number of hydrogen-bond acceptors (Lipinski definition) is 7. The van der Waals surface area contributed by atoms with Gasteiger partial charge in [-0.15, -0.1) is 0 Å². The van der Waals surface area contributed by atoms with E-state index in [-0.39, 0.29) is 0 Å². The van der Waals surface area contributed by atoms with Gasteiger partial charge in [-0.2, -0.15) is 0 Å². The maximum absolute atomic E-state index is 5.72. The molecule has 9 heteroatoms. The van der Waals surface area contributed by atoms with Crippen LogP contribution in [0.1, 0.15) is 13.8 Å². The van der Waals surface area contributed by atoms with Gasteiger partial charge in [0, 0.05) is 0 Å². The van der Waals surface area contributed by atoms with Gasteiger partial charge >= 0.3 is 160 Å². The zero-order valence-corrected chi connectivity index (χ0v) is 18.2. The Morgan fingerprint density at radius 1 is 0.680 bits per heavy atom. The fourth-order valence-corrected chi connectivity index (χ4v) is 14.3. The quantitative estimate of drug-likeness (QED) is 0.583. The van der Waals surface area contributed by atoms with Crippen molar-refractivity contribution in [3.63, 3.8) is 0 Å². The van der Waals surface area contributed by atoms with Crippen LogP contribution in [0.5, 0.6) is 0 Å². The molecule has 0 aromatic carbocycles. The molecule has 0 N–H and O–H groups in total. The molecule has 3 rings (SSSR count). The summed E-state index contributed by atoms with van der Waals surface area (Å²) in [6, 6.07) is 0.